The number of amides is 1. The van der Waals surface area contributed by atoms with E-state index in [1.165, 1.54) is 6.07 Å². The number of hydrogen-bond donors (Lipinski definition) is 0. The second kappa shape index (κ2) is 7.80. The number of carbonyl (C=O) groups is 1. The zero-order chi connectivity index (χ0) is 21.5. The molecule has 1 aromatic heterocycles. The predicted molar refractivity (Wildman–Crippen MR) is 119 cm³/mol. The number of carbonyl (C=O) groups excluding carboxylic acids is 1. The molecule has 1 fully saturated rings. The highest BCUT2D eigenvalue weighted by Gasteiger charge is 2.34. The number of rotatable bonds is 3. The largest absolute Gasteiger partial charge is 0.332 e. The lowest BCUT2D eigenvalue weighted by atomic mass is 9.97. The standard InChI is InChI=1S/C26H26FN3O/c1-17-12-19(5-9-24(17)29-15-18(2)28-16-29)13-21-4-3-11-30(26(21)31)25-10-7-20-6-8-22(27)14-23(20)25/h5-6,8-9,12-16,25H,3-4,7,10-11H2,1-2H3/b21-13+/t25-/m0/s1. The van der Waals surface area contributed by atoms with Gasteiger partial charge in [0.25, 0.3) is 0 Å². The van der Waals surface area contributed by atoms with Crippen LogP contribution in [0.15, 0.2) is 54.5 Å². The van der Waals surface area contributed by atoms with Crippen LogP contribution < -0.4 is 0 Å². The van der Waals surface area contributed by atoms with Gasteiger partial charge in [0, 0.05) is 24.0 Å². The molecule has 1 aliphatic carbocycles. The van der Waals surface area contributed by atoms with Crippen LogP contribution in [0.25, 0.3) is 11.8 Å². The maximum Gasteiger partial charge on any atom is 0.250 e. The fourth-order valence-electron chi connectivity index (χ4n) is 4.95. The van der Waals surface area contributed by atoms with E-state index in [-0.39, 0.29) is 17.8 Å². The van der Waals surface area contributed by atoms with Gasteiger partial charge in [0.2, 0.25) is 5.91 Å². The second-order valence-electron chi connectivity index (χ2n) is 8.64. The number of hydrogen-bond acceptors (Lipinski definition) is 2. The van der Waals surface area contributed by atoms with Gasteiger partial charge in [0.15, 0.2) is 0 Å². The van der Waals surface area contributed by atoms with E-state index >= 15 is 0 Å². The van der Waals surface area contributed by atoms with Crippen LogP contribution in [0.5, 0.6) is 0 Å². The summed E-state index contributed by atoms with van der Waals surface area (Å²) >= 11 is 0. The number of piperidine rings is 1. The monoisotopic (exact) mass is 415 g/mol. The molecular formula is C26H26FN3O. The van der Waals surface area contributed by atoms with E-state index in [2.05, 4.69) is 30.1 Å². The van der Waals surface area contributed by atoms with Gasteiger partial charge < -0.3 is 9.47 Å². The normalized spacial score (nSPS) is 19.8. The van der Waals surface area contributed by atoms with E-state index in [1.807, 2.05) is 41.1 Å². The van der Waals surface area contributed by atoms with Crippen molar-refractivity contribution in [1.82, 2.24) is 14.5 Å². The Morgan fingerprint density at radius 1 is 1.13 bits per heavy atom. The summed E-state index contributed by atoms with van der Waals surface area (Å²) in [6.07, 6.45) is 9.33. The lowest BCUT2D eigenvalue weighted by Crippen LogP contribution is -2.39. The third-order valence-corrected chi connectivity index (χ3v) is 6.46. The highest BCUT2D eigenvalue weighted by molar-refractivity contribution is 5.98. The van der Waals surface area contributed by atoms with Gasteiger partial charge in [-0.3, -0.25) is 4.79 Å². The van der Waals surface area contributed by atoms with Crippen molar-refractivity contribution >= 4 is 12.0 Å². The zero-order valence-corrected chi connectivity index (χ0v) is 17.9. The first-order valence-electron chi connectivity index (χ1n) is 10.9. The molecule has 158 valence electrons. The SMILES string of the molecule is Cc1cn(-c2ccc(/C=C3\CCCN([C@H]4CCc5ccc(F)cc54)C3=O)cc2C)cn1. The molecule has 0 spiro atoms. The Bertz CT molecular complexity index is 1190. The van der Waals surface area contributed by atoms with E-state index in [0.717, 1.165) is 71.4 Å². The summed E-state index contributed by atoms with van der Waals surface area (Å²) in [6.45, 7) is 4.78. The lowest BCUT2D eigenvalue weighted by molar-refractivity contribution is -0.131. The smallest absolute Gasteiger partial charge is 0.250 e. The van der Waals surface area contributed by atoms with Crippen molar-refractivity contribution in [3.63, 3.8) is 0 Å². The molecule has 2 aliphatic rings. The number of nitrogens with zero attached hydrogens (tertiary/aromatic N) is 3. The Kier molecular flexibility index (Phi) is 4.97. The number of benzene rings is 2. The quantitative estimate of drug-likeness (QED) is 0.543. The van der Waals surface area contributed by atoms with Crippen LogP contribution in [0.3, 0.4) is 0 Å². The molecule has 3 aromatic rings. The average molecular weight is 416 g/mol. The molecule has 5 rings (SSSR count). The van der Waals surface area contributed by atoms with E-state index in [9.17, 15) is 9.18 Å². The summed E-state index contributed by atoms with van der Waals surface area (Å²) in [5.74, 6) is -0.144. The molecule has 0 saturated carbocycles. The maximum absolute atomic E-state index is 13.8. The van der Waals surface area contributed by atoms with Crippen LogP contribution in [0.2, 0.25) is 0 Å². The molecule has 5 heteroatoms. The fraction of sp³-hybridized carbons (Fsp3) is 0.308. The van der Waals surface area contributed by atoms with Crippen molar-refractivity contribution < 1.29 is 9.18 Å². The Morgan fingerprint density at radius 3 is 2.77 bits per heavy atom. The summed E-state index contributed by atoms with van der Waals surface area (Å²) in [6, 6.07) is 11.2. The van der Waals surface area contributed by atoms with Crippen LogP contribution in [-0.2, 0) is 11.2 Å². The van der Waals surface area contributed by atoms with Gasteiger partial charge in [-0.25, -0.2) is 9.37 Å². The molecule has 0 unspecified atom stereocenters. The van der Waals surface area contributed by atoms with Gasteiger partial charge in [-0.05, 0) is 92.1 Å². The number of likely N-dealkylation sites (tertiary alicyclic amines) is 1. The summed E-state index contributed by atoms with van der Waals surface area (Å²) in [5, 5.41) is 0. The summed E-state index contributed by atoms with van der Waals surface area (Å²) in [7, 11) is 0. The third-order valence-electron chi connectivity index (χ3n) is 6.46. The van der Waals surface area contributed by atoms with E-state index < -0.39 is 0 Å². The Hall–Kier alpha value is -3.21. The molecular weight excluding hydrogens is 389 g/mol. The van der Waals surface area contributed by atoms with Gasteiger partial charge in [0.05, 0.1) is 18.1 Å². The molecule has 4 nitrogen and oxygen atoms in total. The van der Waals surface area contributed by atoms with Crippen LogP contribution in [-0.4, -0.2) is 26.9 Å². The van der Waals surface area contributed by atoms with Crippen molar-refractivity contribution in [3.8, 4) is 5.69 Å². The maximum atomic E-state index is 13.8. The molecule has 0 N–H and O–H groups in total. The Balaban J connectivity index is 1.41. The highest BCUT2D eigenvalue weighted by atomic mass is 19.1. The van der Waals surface area contributed by atoms with Gasteiger partial charge in [-0.15, -0.1) is 0 Å². The van der Waals surface area contributed by atoms with Gasteiger partial charge in [-0.1, -0.05) is 12.1 Å². The molecule has 1 aliphatic heterocycles. The molecule has 1 amide bonds. The first-order chi connectivity index (χ1) is 15.0. The number of halogens is 1. The lowest BCUT2D eigenvalue weighted by Gasteiger charge is -2.34. The van der Waals surface area contributed by atoms with Crippen molar-refractivity contribution in [3.05, 3.63) is 88.3 Å². The number of aryl methyl sites for hydroxylation is 3. The van der Waals surface area contributed by atoms with Crippen LogP contribution in [0.1, 0.15) is 53.3 Å². The van der Waals surface area contributed by atoms with E-state index in [1.54, 1.807) is 6.07 Å². The molecule has 0 bridgehead atoms. The van der Waals surface area contributed by atoms with Gasteiger partial charge in [0.1, 0.15) is 5.82 Å². The number of imidazole rings is 1. The third kappa shape index (κ3) is 3.69. The molecule has 31 heavy (non-hydrogen) atoms. The molecule has 0 radical (unpaired) electrons. The van der Waals surface area contributed by atoms with Gasteiger partial charge >= 0.3 is 0 Å². The minimum atomic E-state index is -0.227. The summed E-state index contributed by atoms with van der Waals surface area (Å²) in [4.78, 5) is 19.6. The highest BCUT2D eigenvalue weighted by Crippen LogP contribution is 2.39. The number of aromatic nitrogens is 2. The van der Waals surface area contributed by atoms with Crippen LogP contribution in [0.4, 0.5) is 4.39 Å². The predicted octanol–water partition coefficient (Wildman–Crippen LogP) is 5.32. The van der Waals surface area contributed by atoms with Gasteiger partial charge in [-0.2, -0.15) is 0 Å². The van der Waals surface area contributed by atoms with Crippen molar-refractivity contribution in [2.45, 2.75) is 45.6 Å². The van der Waals surface area contributed by atoms with Crippen molar-refractivity contribution in [1.29, 1.82) is 0 Å². The van der Waals surface area contributed by atoms with Crippen LogP contribution >= 0.6 is 0 Å². The van der Waals surface area contributed by atoms with Crippen molar-refractivity contribution in [2.75, 3.05) is 6.54 Å². The number of fused-ring (bicyclic) bond motifs is 1. The summed E-state index contributed by atoms with van der Waals surface area (Å²) in [5.41, 5.74) is 7.20. The Labute approximate surface area is 182 Å². The first kappa shape index (κ1) is 19.7. The second-order valence-corrected chi connectivity index (χ2v) is 8.64. The molecule has 1 atom stereocenters. The Morgan fingerprint density at radius 2 is 2.00 bits per heavy atom. The minimum Gasteiger partial charge on any atom is -0.332 e. The zero-order valence-electron chi connectivity index (χ0n) is 17.9. The van der Waals surface area contributed by atoms with Crippen LogP contribution in [0, 0.1) is 19.7 Å². The minimum absolute atomic E-state index is 0.0181. The molecule has 2 heterocycles. The first-order valence-corrected chi connectivity index (χ1v) is 10.9. The average Bonchev–Trinajstić information content (AvgIpc) is 3.36. The molecule has 1 saturated heterocycles. The van der Waals surface area contributed by atoms with E-state index in [0.29, 0.717) is 0 Å². The molecule has 2 aromatic carbocycles. The fourth-order valence-corrected chi connectivity index (χ4v) is 4.95. The van der Waals surface area contributed by atoms with Crippen molar-refractivity contribution in [2.24, 2.45) is 0 Å². The topological polar surface area (TPSA) is 38.1 Å². The summed E-state index contributed by atoms with van der Waals surface area (Å²) < 4.78 is 15.9. The van der Waals surface area contributed by atoms with E-state index in [4.69, 9.17) is 0 Å².